The van der Waals surface area contributed by atoms with Gasteiger partial charge in [0, 0.05) is 25.0 Å². The third kappa shape index (κ3) is 8.88. The highest BCUT2D eigenvalue weighted by atomic mass is 79.9. The summed E-state index contributed by atoms with van der Waals surface area (Å²) >= 11 is 6.30. The molecule has 1 unspecified atom stereocenters. The van der Waals surface area contributed by atoms with E-state index < -0.39 is 5.01 Å². The van der Waals surface area contributed by atoms with E-state index in [-0.39, 0.29) is 0 Å². The summed E-state index contributed by atoms with van der Waals surface area (Å²) in [6, 6.07) is 0. The van der Waals surface area contributed by atoms with Gasteiger partial charge in [0.25, 0.3) is 0 Å². The van der Waals surface area contributed by atoms with E-state index in [2.05, 4.69) is 31.9 Å². The average molecular weight is 276 g/mol. The molecule has 0 aliphatic heterocycles. The third-order valence-corrected chi connectivity index (χ3v) is 1.94. The van der Waals surface area contributed by atoms with E-state index in [0.717, 1.165) is 18.4 Å². The van der Waals surface area contributed by atoms with Gasteiger partial charge in [-0.2, -0.15) is 0 Å². The van der Waals surface area contributed by atoms with Gasteiger partial charge in [-0.1, -0.05) is 31.9 Å². The van der Waals surface area contributed by atoms with Gasteiger partial charge in [-0.05, 0) is 6.42 Å². The van der Waals surface area contributed by atoms with Crippen LogP contribution in [0.25, 0.3) is 0 Å². The predicted molar refractivity (Wildman–Crippen MR) is 48.8 cm³/mol. The third-order valence-electron chi connectivity index (χ3n) is 0.923. The lowest BCUT2D eigenvalue weighted by atomic mass is 10.5. The van der Waals surface area contributed by atoms with Crippen LogP contribution in [0, 0.1) is 0 Å². The number of aliphatic hydroxyl groups is 1. The molecule has 0 rings (SSSR count). The first kappa shape index (κ1) is 10.9. The molecule has 0 aliphatic carbocycles. The maximum atomic E-state index is 8.74. The molecule has 4 heteroatoms. The van der Waals surface area contributed by atoms with Crippen molar-refractivity contribution in [3.8, 4) is 0 Å². The Labute approximate surface area is 78.2 Å². The summed E-state index contributed by atoms with van der Waals surface area (Å²) in [5.41, 5.74) is 0. The number of hydrogen-bond acceptors (Lipinski definition) is 2. The first-order valence-corrected chi connectivity index (χ1v) is 5.27. The molecule has 0 aromatic carbocycles. The fourth-order valence-electron chi connectivity index (χ4n) is 0.439. The molecule has 0 aliphatic rings. The van der Waals surface area contributed by atoms with Gasteiger partial charge in [0.05, 0.1) is 0 Å². The maximum absolute atomic E-state index is 8.74. The maximum Gasteiger partial charge on any atom is 0.111 e. The van der Waals surface area contributed by atoms with Gasteiger partial charge in [0.2, 0.25) is 0 Å². The standard InChI is InChI=1S/C6H12Br2O2/c7-3-1-4-10-5-2-6(8)9/h6,9H,1-5H2. The minimum absolute atomic E-state index is 0.420. The van der Waals surface area contributed by atoms with E-state index in [9.17, 15) is 0 Å². The molecular formula is C6H12Br2O2. The molecule has 0 saturated heterocycles. The molecule has 10 heavy (non-hydrogen) atoms. The Morgan fingerprint density at radius 3 is 2.60 bits per heavy atom. The fraction of sp³-hybridized carbons (Fsp3) is 1.00. The van der Waals surface area contributed by atoms with Crippen LogP contribution in [0.2, 0.25) is 0 Å². The van der Waals surface area contributed by atoms with Crippen molar-refractivity contribution < 1.29 is 9.84 Å². The molecule has 0 heterocycles. The number of alkyl halides is 2. The smallest absolute Gasteiger partial charge is 0.111 e. The van der Waals surface area contributed by atoms with Gasteiger partial charge in [-0.3, -0.25) is 0 Å². The summed E-state index contributed by atoms with van der Waals surface area (Å²) in [5, 5.41) is 9.29. The SMILES string of the molecule is OC(Br)CCOCCCBr. The molecule has 0 amide bonds. The first-order chi connectivity index (χ1) is 4.77. The van der Waals surface area contributed by atoms with Crippen LogP contribution in [0.5, 0.6) is 0 Å². The van der Waals surface area contributed by atoms with Crippen LogP contribution >= 0.6 is 31.9 Å². The Balaban J connectivity index is 2.77. The van der Waals surface area contributed by atoms with E-state index in [1.54, 1.807) is 0 Å². The van der Waals surface area contributed by atoms with Crippen molar-refractivity contribution in [2.45, 2.75) is 17.9 Å². The lowest BCUT2D eigenvalue weighted by Crippen LogP contribution is -2.03. The fourth-order valence-corrected chi connectivity index (χ4v) is 0.855. The summed E-state index contributed by atoms with van der Waals surface area (Å²) in [5.74, 6) is 0. The normalized spacial score (nSPS) is 13.5. The molecule has 0 fully saturated rings. The van der Waals surface area contributed by atoms with Crippen LogP contribution in [0.4, 0.5) is 0 Å². The van der Waals surface area contributed by atoms with Crippen LogP contribution in [0.1, 0.15) is 12.8 Å². The molecule has 2 nitrogen and oxygen atoms in total. The summed E-state index contributed by atoms with van der Waals surface area (Å²) in [6.45, 7) is 1.39. The Morgan fingerprint density at radius 1 is 1.40 bits per heavy atom. The van der Waals surface area contributed by atoms with E-state index in [1.165, 1.54) is 0 Å². The van der Waals surface area contributed by atoms with Gasteiger partial charge in [0.1, 0.15) is 5.01 Å². The summed E-state index contributed by atoms with van der Waals surface area (Å²) in [6.07, 6.45) is 1.68. The van der Waals surface area contributed by atoms with Gasteiger partial charge in [0.15, 0.2) is 0 Å². The molecule has 0 aromatic rings. The Bertz CT molecular complexity index is 68.8. The van der Waals surface area contributed by atoms with Crippen LogP contribution in [-0.4, -0.2) is 28.7 Å². The molecular weight excluding hydrogens is 264 g/mol. The molecule has 0 saturated carbocycles. The molecule has 0 spiro atoms. The Hall–Kier alpha value is 0.880. The molecule has 0 bridgehead atoms. The lowest BCUT2D eigenvalue weighted by molar-refractivity contribution is 0.111. The van der Waals surface area contributed by atoms with Crippen molar-refractivity contribution in [3.05, 3.63) is 0 Å². The van der Waals surface area contributed by atoms with Crippen molar-refractivity contribution in [2.24, 2.45) is 0 Å². The topological polar surface area (TPSA) is 29.5 Å². The second-order valence-electron chi connectivity index (χ2n) is 1.88. The molecule has 0 radical (unpaired) electrons. The highest BCUT2D eigenvalue weighted by molar-refractivity contribution is 9.09. The first-order valence-electron chi connectivity index (χ1n) is 3.23. The van der Waals surface area contributed by atoms with Crippen LogP contribution in [0.15, 0.2) is 0 Å². The van der Waals surface area contributed by atoms with E-state index in [4.69, 9.17) is 9.84 Å². The zero-order chi connectivity index (χ0) is 7.82. The predicted octanol–water partition coefficient (Wildman–Crippen LogP) is 1.89. The number of ether oxygens (including phenoxy) is 1. The van der Waals surface area contributed by atoms with E-state index in [1.807, 2.05) is 0 Å². The lowest BCUT2D eigenvalue weighted by Gasteiger charge is -2.02. The van der Waals surface area contributed by atoms with Crippen LogP contribution in [0.3, 0.4) is 0 Å². The van der Waals surface area contributed by atoms with E-state index in [0.29, 0.717) is 13.0 Å². The van der Waals surface area contributed by atoms with Crippen molar-refractivity contribution in [1.29, 1.82) is 0 Å². The molecule has 1 N–H and O–H groups in total. The monoisotopic (exact) mass is 274 g/mol. The number of halogens is 2. The van der Waals surface area contributed by atoms with Crippen molar-refractivity contribution in [1.82, 2.24) is 0 Å². The van der Waals surface area contributed by atoms with E-state index >= 15 is 0 Å². The number of rotatable bonds is 6. The summed E-state index contributed by atoms with van der Waals surface area (Å²) < 4.78 is 5.16. The van der Waals surface area contributed by atoms with Crippen molar-refractivity contribution in [3.63, 3.8) is 0 Å². The van der Waals surface area contributed by atoms with Gasteiger partial charge >= 0.3 is 0 Å². The quantitative estimate of drug-likeness (QED) is 0.593. The number of aliphatic hydroxyl groups excluding tert-OH is 1. The van der Waals surface area contributed by atoms with Crippen molar-refractivity contribution >= 4 is 31.9 Å². The van der Waals surface area contributed by atoms with Crippen molar-refractivity contribution in [2.75, 3.05) is 18.5 Å². The minimum Gasteiger partial charge on any atom is -0.382 e. The second-order valence-corrected chi connectivity index (χ2v) is 3.73. The summed E-state index contributed by atoms with van der Waals surface area (Å²) in [7, 11) is 0. The Kier molecular flexibility index (Phi) is 8.68. The van der Waals surface area contributed by atoms with Gasteiger partial charge in [-0.25, -0.2) is 0 Å². The zero-order valence-electron chi connectivity index (χ0n) is 5.72. The van der Waals surface area contributed by atoms with Gasteiger partial charge < -0.3 is 9.84 Å². The number of hydrogen-bond donors (Lipinski definition) is 1. The van der Waals surface area contributed by atoms with Crippen LogP contribution in [-0.2, 0) is 4.74 Å². The Morgan fingerprint density at radius 2 is 2.10 bits per heavy atom. The largest absolute Gasteiger partial charge is 0.382 e. The second kappa shape index (κ2) is 7.98. The van der Waals surface area contributed by atoms with Crippen LogP contribution < -0.4 is 0 Å². The summed E-state index contributed by atoms with van der Waals surface area (Å²) in [4.78, 5) is 0. The zero-order valence-corrected chi connectivity index (χ0v) is 8.90. The average Bonchev–Trinajstić information content (AvgIpc) is 1.87. The minimum atomic E-state index is -0.420. The highest BCUT2D eigenvalue weighted by Gasteiger charge is 1.95. The molecule has 0 aromatic heterocycles. The highest BCUT2D eigenvalue weighted by Crippen LogP contribution is 1.99. The molecule has 62 valence electrons. The van der Waals surface area contributed by atoms with Gasteiger partial charge in [-0.15, -0.1) is 0 Å². The molecule has 1 atom stereocenters.